The van der Waals surface area contributed by atoms with Gasteiger partial charge in [-0.05, 0) is 41.8 Å². The lowest BCUT2D eigenvalue weighted by atomic mass is 9.78. The second-order valence-electron chi connectivity index (χ2n) is 7.28. The van der Waals surface area contributed by atoms with Gasteiger partial charge in [0.15, 0.2) is 5.75 Å². The minimum atomic E-state index is -0.301. The van der Waals surface area contributed by atoms with E-state index in [9.17, 15) is 0 Å². The molecule has 0 fully saturated rings. The molecule has 7 heteroatoms. The van der Waals surface area contributed by atoms with Crippen LogP contribution in [0.25, 0.3) is 0 Å². The van der Waals surface area contributed by atoms with Gasteiger partial charge in [-0.25, -0.2) is 4.98 Å². The molecule has 0 radical (unpaired) electrons. The molecule has 0 aliphatic rings. The number of benzene rings is 2. The summed E-state index contributed by atoms with van der Waals surface area (Å²) < 4.78 is 11.2. The van der Waals surface area contributed by atoms with Crippen molar-refractivity contribution in [1.29, 1.82) is 0 Å². The van der Waals surface area contributed by atoms with Crippen molar-refractivity contribution in [1.82, 2.24) is 4.98 Å². The Morgan fingerprint density at radius 2 is 1.76 bits per heavy atom. The number of ether oxygens (including phenoxy) is 1. The fraction of sp³-hybridized carbons (Fsp3) is 0.318. The number of nitrogens with two attached hydrogens (primary N) is 1. The smallest absolute Gasteiger partial charge is 0.299 e. The summed E-state index contributed by atoms with van der Waals surface area (Å²) in [5.41, 5.74) is 8.24. The van der Waals surface area contributed by atoms with Crippen molar-refractivity contribution in [2.24, 2.45) is 5.73 Å². The Hall–Kier alpha value is -2.21. The van der Waals surface area contributed by atoms with Gasteiger partial charge in [-0.2, -0.15) is 0 Å². The Balaban J connectivity index is 1.81. The highest BCUT2D eigenvalue weighted by molar-refractivity contribution is 6.37. The number of oxazole rings is 1. The lowest BCUT2D eigenvalue weighted by Crippen LogP contribution is -2.19. The van der Waals surface area contributed by atoms with Gasteiger partial charge in [0.2, 0.25) is 0 Å². The maximum absolute atomic E-state index is 6.45. The van der Waals surface area contributed by atoms with Crippen LogP contribution in [0.3, 0.4) is 0 Å². The quantitative estimate of drug-likeness (QED) is 0.435. The molecule has 0 unspecified atom stereocenters. The third-order valence-corrected chi connectivity index (χ3v) is 5.34. The number of hydrogen-bond donors (Lipinski definition) is 2. The monoisotopic (exact) mass is 433 g/mol. The fourth-order valence-electron chi connectivity index (χ4n) is 2.98. The SMILES string of the molecule is CCCOc1c(Cl)cc(C(C)(C)c2ccc(Nc3ncc(CN)o3)cc2)cc1Cl. The van der Waals surface area contributed by atoms with Crippen molar-refractivity contribution < 1.29 is 9.15 Å². The molecule has 5 nitrogen and oxygen atoms in total. The molecule has 29 heavy (non-hydrogen) atoms. The number of anilines is 2. The van der Waals surface area contributed by atoms with Crippen molar-refractivity contribution in [3.05, 3.63) is 69.5 Å². The van der Waals surface area contributed by atoms with Gasteiger partial charge < -0.3 is 20.2 Å². The molecule has 0 amide bonds. The van der Waals surface area contributed by atoms with E-state index in [4.69, 9.17) is 38.1 Å². The molecule has 0 aliphatic carbocycles. The van der Waals surface area contributed by atoms with E-state index in [1.54, 1.807) is 6.20 Å². The number of aromatic nitrogens is 1. The first-order valence-electron chi connectivity index (χ1n) is 9.49. The Bertz CT molecular complexity index is 945. The number of halogens is 2. The zero-order valence-corrected chi connectivity index (χ0v) is 18.3. The lowest BCUT2D eigenvalue weighted by Gasteiger charge is -2.27. The lowest BCUT2D eigenvalue weighted by molar-refractivity contribution is 0.317. The summed E-state index contributed by atoms with van der Waals surface area (Å²) in [5.74, 6) is 1.17. The average Bonchev–Trinajstić information content (AvgIpc) is 3.15. The van der Waals surface area contributed by atoms with E-state index in [2.05, 4.69) is 36.3 Å². The molecular weight excluding hydrogens is 409 g/mol. The third kappa shape index (κ3) is 4.86. The molecule has 0 saturated heterocycles. The first-order chi connectivity index (χ1) is 13.8. The van der Waals surface area contributed by atoms with Gasteiger partial charge in [0.05, 0.1) is 29.4 Å². The van der Waals surface area contributed by atoms with Crippen molar-refractivity contribution in [2.45, 2.75) is 39.2 Å². The Labute approximate surface area is 181 Å². The molecular formula is C22H25Cl2N3O2. The highest BCUT2D eigenvalue weighted by Crippen LogP contribution is 2.40. The van der Waals surface area contributed by atoms with E-state index in [1.807, 2.05) is 31.2 Å². The molecule has 1 heterocycles. The van der Waals surface area contributed by atoms with E-state index in [0.29, 0.717) is 40.7 Å². The Kier molecular flexibility index (Phi) is 6.73. The first kappa shape index (κ1) is 21.5. The van der Waals surface area contributed by atoms with Crippen LogP contribution in [0, 0.1) is 0 Å². The van der Waals surface area contributed by atoms with Gasteiger partial charge in [-0.3, -0.25) is 0 Å². The summed E-state index contributed by atoms with van der Waals surface area (Å²) in [4.78, 5) is 4.15. The highest BCUT2D eigenvalue weighted by Gasteiger charge is 2.25. The van der Waals surface area contributed by atoms with E-state index < -0.39 is 0 Å². The molecule has 3 rings (SSSR count). The van der Waals surface area contributed by atoms with Crippen LogP contribution in [-0.2, 0) is 12.0 Å². The molecule has 2 aromatic carbocycles. The molecule has 3 aromatic rings. The average molecular weight is 434 g/mol. The van der Waals surface area contributed by atoms with E-state index in [-0.39, 0.29) is 5.41 Å². The van der Waals surface area contributed by atoms with Gasteiger partial charge in [0.25, 0.3) is 6.01 Å². The van der Waals surface area contributed by atoms with Crippen LogP contribution < -0.4 is 15.8 Å². The third-order valence-electron chi connectivity index (χ3n) is 4.78. The summed E-state index contributed by atoms with van der Waals surface area (Å²) in [7, 11) is 0. The van der Waals surface area contributed by atoms with Crippen molar-refractivity contribution >= 4 is 34.9 Å². The largest absolute Gasteiger partial charge is 0.490 e. The van der Waals surface area contributed by atoms with Crippen molar-refractivity contribution in [3.8, 4) is 5.75 Å². The summed E-state index contributed by atoms with van der Waals surface area (Å²) in [5, 5.41) is 4.17. The zero-order chi connectivity index (χ0) is 21.0. The Morgan fingerprint density at radius 3 is 2.31 bits per heavy atom. The summed E-state index contributed by atoms with van der Waals surface area (Å²) in [6, 6.07) is 12.3. The van der Waals surface area contributed by atoms with Gasteiger partial charge in [0, 0.05) is 11.1 Å². The predicted octanol–water partition coefficient (Wildman–Crippen LogP) is 6.30. The minimum absolute atomic E-state index is 0.301. The molecule has 0 saturated carbocycles. The molecule has 3 N–H and O–H groups in total. The number of nitrogens with one attached hydrogen (secondary N) is 1. The molecule has 0 atom stereocenters. The summed E-state index contributed by atoms with van der Waals surface area (Å²) in [6.45, 7) is 7.19. The van der Waals surface area contributed by atoms with Gasteiger partial charge in [-0.15, -0.1) is 0 Å². The topological polar surface area (TPSA) is 73.3 Å². The minimum Gasteiger partial charge on any atom is -0.490 e. The van der Waals surface area contributed by atoms with Gasteiger partial charge >= 0.3 is 0 Å². The van der Waals surface area contributed by atoms with Crippen LogP contribution in [0.2, 0.25) is 10.0 Å². The number of hydrogen-bond acceptors (Lipinski definition) is 5. The van der Waals surface area contributed by atoms with Crippen LogP contribution in [0.1, 0.15) is 44.1 Å². The molecule has 1 aromatic heterocycles. The van der Waals surface area contributed by atoms with Gasteiger partial charge in [0.1, 0.15) is 5.76 Å². The Morgan fingerprint density at radius 1 is 1.10 bits per heavy atom. The van der Waals surface area contributed by atoms with Crippen molar-refractivity contribution in [3.63, 3.8) is 0 Å². The fourth-order valence-corrected chi connectivity index (χ4v) is 3.58. The first-order valence-corrected chi connectivity index (χ1v) is 10.3. The summed E-state index contributed by atoms with van der Waals surface area (Å²) >= 11 is 12.9. The molecule has 154 valence electrons. The van der Waals surface area contributed by atoms with E-state index in [1.165, 1.54) is 0 Å². The van der Waals surface area contributed by atoms with E-state index in [0.717, 1.165) is 23.2 Å². The van der Waals surface area contributed by atoms with Crippen LogP contribution in [-0.4, -0.2) is 11.6 Å². The van der Waals surface area contributed by atoms with Gasteiger partial charge in [-0.1, -0.05) is 56.1 Å². The van der Waals surface area contributed by atoms with Crippen LogP contribution in [0.5, 0.6) is 5.75 Å². The second-order valence-corrected chi connectivity index (χ2v) is 8.10. The molecule has 0 bridgehead atoms. The summed E-state index contributed by atoms with van der Waals surface area (Å²) in [6.07, 6.45) is 2.50. The maximum atomic E-state index is 6.45. The maximum Gasteiger partial charge on any atom is 0.299 e. The van der Waals surface area contributed by atoms with Crippen LogP contribution >= 0.6 is 23.2 Å². The number of nitrogens with zero attached hydrogens (tertiary/aromatic N) is 1. The standard InChI is InChI=1S/C22H25Cl2N3O2/c1-4-9-28-20-18(23)10-15(11-19(20)24)22(2,3)14-5-7-16(8-6-14)27-21-26-13-17(12-25)29-21/h5-8,10-11,13H,4,9,12,25H2,1-3H3,(H,26,27). The predicted molar refractivity (Wildman–Crippen MR) is 118 cm³/mol. The van der Waals surface area contributed by atoms with Crippen LogP contribution in [0.4, 0.5) is 11.7 Å². The van der Waals surface area contributed by atoms with E-state index >= 15 is 0 Å². The highest BCUT2D eigenvalue weighted by atomic mass is 35.5. The zero-order valence-electron chi connectivity index (χ0n) is 16.8. The normalized spacial score (nSPS) is 11.5. The van der Waals surface area contributed by atoms with Crippen LogP contribution in [0.15, 0.2) is 47.0 Å². The van der Waals surface area contributed by atoms with Crippen molar-refractivity contribution in [2.75, 3.05) is 11.9 Å². The molecule has 0 spiro atoms. The number of rotatable bonds is 8. The second kappa shape index (κ2) is 9.08. The molecule has 0 aliphatic heterocycles.